The van der Waals surface area contributed by atoms with Crippen molar-refractivity contribution in [3.05, 3.63) is 52.8 Å². The minimum Gasteiger partial charge on any atom is -0.491 e. The van der Waals surface area contributed by atoms with Gasteiger partial charge in [0, 0.05) is 5.56 Å². The molecule has 0 aliphatic rings. The summed E-state index contributed by atoms with van der Waals surface area (Å²) in [6.45, 7) is 5.70. The number of carbonyl (C=O) groups is 1. The third kappa shape index (κ3) is 4.20. The van der Waals surface area contributed by atoms with Crippen molar-refractivity contribution in [1.82, 2.24) is 4.98 Å². The lowest BCUT2D eigenvalue weighted by molar-refractivity contribution is 0.102. The van der Waals surface area contributed by atoms with Crippen LogP contribution in [-0.4, -0.2) is 17.0 Å². The number of nitrogens with one attached hydrogen (secondary N) is 1. The first-order chi connectivity index (χ1) is 9.95. The van der Waals surface area contributed by atoms with Crippen LogP contribution in [0.5, 0.6) is 5.75 Å². The van der Waals surface area contributed by atoms with Crippen LogP contribution in [-0.2, 0) is 0 Å². The Kier molecular flexibility index (Phi) is 4.81. The third-order valence-corrected chi connectivity index (χ3v) is 3.00. The van der Waals surface area contributed by atoms with E-state index in [1.54, 1.807) is 43.3 Å². The largest absolute Gasteiger partial charge is 0.491 e. The summed E-state index contributed by atoms with van der Waals surface area (Å²) in [6.07, 6.45) is 0.104. The van der Waals surface area contributed by atoms with Gasteiger partial charge in [0.25, 0.3) is 5.91 Å². The van der Waals surface area contributed by atoms with Crippen molar-refractivity contribution in [2.24, 2.45) is 0 Å². The molecule has 0 spiro atoms. The monoisotopic (exact) mass is 304 g/mol. The fraction of sp³-hybridized carbons (Fsp3) is 0.250. The van der Waals surface area contributed by atoms with Crippen molar-refractivity contribution >= 4 is 23.2 Å². The first-order valence-electron chi connectivity index (χ1n) is 6.67. The SMILES string of the molecule is Cc1nc(Cl)ccc1NC(=O)c1ccc(OC(C)C)cc1. The van der Waals surface area contributed by atoms with E-state index in [4.69, 9.17) is 16.3 Å². The quantitative estimate of drug-likeness (QED) is 0.866. The Balaban J connectivity index is 2.09. The molecule has 0 fully saturated rings. The van der Waals surface area contributed by atoms with E-state index in [9.17, 15) is 4.79 Å². The van der Waals surface area contributed by atoms with Gasteiger partial charge in [-0.3, -0.25) is 4.79 Å². The predicted molar refractivity (Wildman–Crippen MR) is 84.1 cm³/mol. The molecule has 110 valence electrons. The molecular weight excluding hydrogens is 288 g/mol. The Morgan fingerprint density at radius 1 is 1.19 bits per heavy atom. The molecule has 0 radical (unpaired) electrons. The molecule has 1 aromatic heterocycles. The molecule has 0 aliphatic carbocycles. The average molecular weight is 305 g/mol. The maximum absolute atomic E-state index is 12.2. The van der Waals surface area contributed by atoms with Crippen LogP contribution >= 0.6 is 11.6 Å². The summed E-state index contributed by atoms with van der Waals surface area (Å²) >= 11 is 5.79. The van der Waals surface area contributed by atoms with Gasteiger partial charge in [-0.1, -0.05) is 11.6 Å². The van der Waals surface area contributed by atoms with Crippen molar-refractivity contribution in [2.45, 2.75) is 26.9 Å². The van der Waals surface area contributed by atoms with Gasteiger partial charge in [0.05, 0.1) is 17.5 Å². The van der Waals surface area contributed by atoms with E-state index < -0.39 is 0 Å². The highest BCUT2D eigenvalue weighted by Crippen LogP contribution is 2.18. The molecule has 1 amide bonds. The lowest BCUT2D eigenvalue weighted by atomic mass is 10.2. The molecule has 21 heavy (non-hydrogen) atoms. The number of hydrogen-bond donors (Lipinski definition) is 1. The number of ether oxygens (including phenoxy) is 1. The van der Waals surface area contributed by atoms with Crippen LogP contribution in [0.15, 0.2) is 36.4 Å². The molecule has 2 rings (SSSR count). The van der Waals surface area contributed by atoms with Crippen LogP contribution in [0.2, 0.25) is 5.15 Å². The van der Waals surface area contributed by atoms with Gasteiger partial charge in [0.15, 0.2) is 0 Å². The Morgan fingerprint density at radius 2 is 1.86 bits per heavy atom. The molecule has 0 saturated carbocycles. The summed E-state index contributed by atoms with van der Waals surface area (Å²) in [4.78, 5) is 16.3. The minimum absolute atomic E-state index is 0.104. The fourth-order valence-electron chi connectivity index (χ4n) is 1.81. The number of benzene rings is 1. The van der Waals surface area contributed by atoms with Crippen LogP contribution in [0, 0.1) is 6.92 Å². The Hall–Kier alpha value is -2.07. The van der Waals surface area contributed by atoms with Gasteiger partial charge >= 0.3 is 0 Å². The van der Waals surface area contributed by atoms with E-state index >= 15 is 0 Å². The summed E-state index contributed by atoms with van der Waals surface area (Å²) in [5.74, 6) is 0.546. The number of hydrogen-bond acceptors (Lipinski definition) is 3. The number of rotatable bonds is 4. The zero-order valence-corrected chi connectivity index (χ0v) is 12.9. The van der Waals surface area contributed by atoms with Gasteiger partial charge in [-0.25, -0.2) is 4.98 Å². The zero-order valence-electron chi connectivity index (χ0n) is 12.2. The second-order valence-electron chi connectivity index (χ2n) is 4.91. The van der Waals surface area contributed by atoms with E-state index in [1.165, 1.54) is 0 Å². The Morgan fingerprint density at radius 3 is 2.43 bits per heavy atom. The zero-order chi connectivity index (χ0) is 15.4. The van der Waals surface area contributed by atoms with E-state index in [0.29, 0.717) is 22.1 Å². The molecular formula is C16H17ClN2O2. The predicted octanol–water partition coefficient (Wildman–Crippen LogP) is 4.08. The number of carbonyl (C=O) groups excluding carboxylic acids is 1. The smallest absolute Gasteiger partial charge is 0.255 e. The van der Waals surface area contributed by atoms with Crippen LogP contribution in [0.3, 0.4) is 0 Å². The summed E-state index contributed by atoms with van der Waals surface area (Å²) in [7, 11) is 0. The maximum Gasteiger partial charge on any atom is 0.255 e. The van der Waals surface area contributed by atoms with Crippen molar-refractivity contribution in [3.8, 4) is 5.75 Å². The average Bonchev–Trinajstić information content (AvgIpc) is 2.42. The highest BCUT2D eigenvalue weighted by molar-refractivity contribution is 6.29. The van der Waals surface area contributed by atoms with E-state index in [2.05, 4.69) is 10.3 Å². The molecule has 4 nitrogen and oxygen atoms in total. The van der Waals surface area contributed by atoms with Crippen LogP contribution < -0.4 is 10.1 Å². The highest BCUT2D eigenvalue weighted by Gasteiger charge is 2.09. The van der Waals surface area contributed by atoms with Crippen LogP contribution in [0.4, 0.5) is 5.69 Å². The van der Waals surface area contributed by atoms with E-state index in [1.807, 2.05) is 13.8 Å². The first kappa shape index (κ1) is 15.3. The van der Waals surface area contributed by atoms with Gasteiger partial charge in [-0.15, -0.1) is 0 Å². The number of amides is 1. The topological polar surface area (TPSA) is 51.2 Å². The lowest BCUT2D eigenvalue weighted by Crippen LogP contribution is -2.13. The number of nitrogens with zero attached hydrogens (tertiary/aromatic N) is 1. The van der Waals surface area contributed by atoms with Gasteiger partial charge in [-0.2, -0.15) is 0 Å². The van der Waals surface area contributed by atoms with Gasteiger partial charge in [-0.05, 0) is 57.2 Å². The second kappa shape index (κ2) is 6.59. The minimum atomic E-state index is -0.196. The molecule has 5 heteroatoms. The van der Waals surface area contributed by atoms with Crippen LogP contribution in [0.25, 0.3) is 0 Å². The van der Waals surface area contributed by atoms with E-state index in [-0.39, 0.29) is 12.0 Å². The van der Waals surface area contributed by atoms with Crippen molar-refractivity contribution in [1.29, 1.82) is 0 Å². The highest BCUT2D eigenvalue weighted by atomic mass is 35.5. The summed E-state index contributed by atoms with van der Waals surface area (Å²) in [5, 5.41) is 3.22. The number of aromatic nitrogens is 1. The van der Waals surface area contributed by atoms with E-state index in [0.717, 1.165) is 5.75 Å². The third-order valence-electron chi connectivity index (χ3n) is 2.79. The number of anilines is 1. The van der Waals surface area contributed by atoms with Gasteiger partial charge < -0.3 is 10.1 Å². The van der Waals surface area contributed by atoms with Crippen LogP contribution in [0.1, 0.15) is 29.9 Å². The van der Waals surface area contributed by atoms with Crippen molar-refractivity contribution < 1.29 is 9.53 Å². The summed E-state index contributed by atoms with van der Waals surface area (Å²) < 4.78 is 5.54. The number of aryl methyl sites for hydroxylation is 1. The molecule has 1 N–H and O–H groups in total. The van der Waals surface area contributed by atoms with Crippen molar-refractivity contribution in [3.63, 3.8) is 0 Å². The first-order valence-corrected chi connectivity index (χ1v) is 7.04. The fourth-order valence-corrected chi connectivity index (χ4v) is 2.00. The Labute approximate surface area is 129 Å². The maximum atomic E-state index is 12.2. The summed E-state index contributed by atoms with van der Waals surface area (Å²) in [5.41, 5.74) is 1.88. The second-order valence-corrected chi connectivity index (χ2v) is 5.30. The lowest BCUT2D eigenvalue weighted by Gasteiger charge is -2.11. The molecule has 0 atom stereocenters. The number of halogens is 1. The molecule has 1 heterocycles. The standard InChI is InChI=1S/C16H17ClN2O2/c1-10(2)21-13-6-4-12(5-7-13)16(20)19-14-8-9-15(17)18-11(14)3/h4-10H,1-3H3,(H,19,20). The molecule has 0 unspecified atom stereocenters. The Bertz CT molecular complexity index is 639. The molecule has 0 bridgehead atoms. The van der Waals surface area contributed by atoms with Crippen molar-refractivity contribution in [2.75, 3.05) is 5.32 Å². The summed E-state index contributed by atoms with van der Waals surface area (Å²) in [6, 6.07) is 10.4. The number of pyridine rings is 1. The molecule has 0 aliphatic heterocycles. The van der Waals surface area contributed by atoms with Gasteiger partial charge in [0.1, 0.15) is 10.9 Å². The molecule has 2 aromatic rings. The van der Waals surface area contributed by atoms with Gasteiger partial charge in [0.2, 0.25) is 0 Å². The normalized spacial score (nSPS) is 10.5. The molecule has 1 aromatic carbocycles. The molecule has 0 saturated heterocycles.